The van der Waals surface area contributed by atoms with E-state index in [0.717, 1.165) is 9.87 Å². The molecule has 1 N–H and O–H groups in total. The van der Waals surface area contributed by atoms with Crippen molar-refractivity contribution < 1.29 is 18.3 Å². The number of aryl methyl sites for hydroxylation is 2. The number of rotatable bonds is 5. The molecule has 0 saturated heterocycles. The lowest BCUT2D eigenvalue weighted by atomic mass is 10.2. The van der Waals surface area contributed by atoms with Crippen LogP contribution < -0.4 is 4.31 Å². The maximum Gasteiger partial charge on any atom is 0.324 e. The van der Waals surface area contributed by atoms with Crippen LogP contribution in [0.2, 0.25) is 0 Å². The van der Waals surface area contributed by atoms with Gasteiger partial charge in [0.2, 0.25) is 0 Å². The molecule has 0 aliphatic heterocycles. The Kier molecular flexibility index (Phi) is 3.99. The molecule has 0 saturated carbocycles. The molecule has 0 aliphatic carbocycles. The molecule has 8 heteroatoms. The van der Waals surface area contributed by atoms with E-state index in [2.05, 4.69) is 5.10 Å². The highest BCUT2D eigenvalue weighted by molar-refractivity contribution is 7.92. The maximum atomic E-state index is 12.6. The first-order valence-electron chi connectivity index (χ1n) is 6.10. The van der Waals surface area contributed by atoms with Crippen LogP contribution in [0.1, 0.15) is 5.56 Å². The molecule has 112 valence electrons. The molecule has 2 aromatic rings. The summed E-state index contributed by atoms with van der Waals surface area (Å²) in [5.41, 5.74) is 1.25. The zero-order valence-corrected chi connectivity index (χ0v) is 12.4. The summed E-state index contributed by atoms with van der Waals surface area (Å²) in [5.74, 6) is -1.23. The van der Waals surface area contributed by atoms with Crippen molar-refractivity contribution in [3.63, 3.8) is 0 Å². The molecule has 0 aliphatic rings. The molecule has 0 bridgehead atoms. The number of hydrogen-bond acceptors (Lipinski definition) is 4. The summed E-state index contributed by atoms with van der Waals surface area (Å²) in [6.45, 7) is 1.21. The van der Waals surface area contributed by atoms with Gasteiger partial charge in [-0.05, 0) is 19.1 Å². The number of aromatic nitrogens is 2. The lowest BCUT2D eigenvalue weighted by molar-refractivity contribution is -0.135. The van der Waals surface area contributed by atoms with E-state index in [0.29, 0.717) is 5.69 Å². The van der Waals surface area contributed by atoms with Crippen molar-refractivity contribution in [2.45, 2.75) is 11.8 Å². The normalized spacial score (nSPS) is 11.3. The Balaban J connectivity index is 2.49. The number of aliphatic carboxylic acids is 1. The molecular weight excluding hydrogens is 294 g/mol. The Bertz CT molecular complexity index is 750. The molecule has 1 heterocycles. The van der Waals surface area contributed by atoms with Crippen LogP contribution in [0, 0.1) is 6.92 Å². The molecule has 0 atom stereocenters. The molecular formula is C13H15N3O4S. The molecule has 0 spiro atoms. The van der Waals surface area contributed by atoms with E-state index < -0.39 is 22.5 Å². The number of anilines is 1. The fourth-order valence-electron chi connectivity index (χ4n) is 1.81. The highest BCUT2D eigenvalue weighted by atomic mass is 32.2. The second-order valence-corrected chi connectivity index (χ2v) is 6.45. The van der Waals surface area contributed by atoms with Crippen LogP contribution in [0.3, 0.4) is 0 Å². The Morgan fingerprint density at radius 2 is 1.95 bits per heavy atom. The molecule has 1 aromatic carbocycles. The molecule has 0 fully saturated rings. The predicted molar refractivity (Wildman–Crippen MR) is 76.6 cm³/mol. The first-order chi connectivity index (χ1) is 9.80. The highest BCUT2D eigenvalue weighted by Crippen LogP contribution is 2.23. The van der Waals surface area contributed by atoms with E-state index in [-0.39, 0.29) is 4.90 Å². The van der Waals surface area contributed by atoms with Crippen LogP contribution in [-0.2, 0) is 21.9 Å². The van der Waals surface area contributed by atoms with Crippen molar-refractivity contribution in [2.75, 3.05) is 10.8 Å². The van der Waals surface area contributed by atoms with Crippen molar-refractivity contribution in [1.29, 1.82) is 0 Å². The SMILES string of the molecule is Cc1ccc(N(CC(=O)O)S(=O)(=O)c2cnn(C)c2)cc1. The minimum Gasteiger partial charge on any atom is -0.480 e. The monoisotopic (exact) mass is 309 g/mol. The number of nitrogens with zero attached hydrogens (tertiary/aromatic N) is 3. The first kappa shape index (κ1) is 15.0. The van der Waals surface area contributed by atoms with Crippen molar-refractivity contribution in [1.82, 2.24) is 9.78 Å². The zero-order valence-electron chi connectivity index (χ0n) is 11.6. The van der Waals surface area contributed by atoms with Gasteiger partial charge in [0, 0.05) is 13.2 Å². The minimum atomic E-state index is -3.97. The van der Waals surface area contributed by atoms with Gasteiger partial charge < -0.3 is 5.11 Å². The number of sulfonamides is 1. The number of carboxylic acids is 1. The zero-order chi connectivity index (χ0) is 15.6. The van der Waals surface area contributed by atoms with Gasteiger partial charge in [-0.3, -0.25) is 13.8 Å². The van der Waals surface area contributed by atoms with Gasteiger partial charge in [0.05, 0.1) is 11.9 Å². The van der Waals surface area contributed by atoms with Crippen molar-refractivity contribution >= 4 is 21.7 Å². The molecule has 2 rings (SSSR count). The van der Waals surface area contributed by atoms with Gasteiger partial charge in [0.15, 0.2) is 0 Å². The van der Waals surface area contributed by atoms with Crippen LogP contribution in [-0.4, -0.2) is 35.8 Å². The average Bonchev–Trinajstić information content (AvgIpc) is 2.84. The lowest BCUT2D eigenvalue weighted by Gasteiger charge is -2.21. The molecule has 21 heavy (non-hydrogen) atoms. The topological polar surface area (TPSA) is 92.5 Å². The predicted octanol–water partition coefficient (Wildman–Crippen LogP) is 1.01. The van der Waals surface area contributed by atoms with Gasteiger partial charge in [-0.1, -0.05) is 17.7 Å². The number of benzene rings is 1. The summed E-state index contributed by atoms with van der Waals surface area (Å²) in [4.78, 5) is 11.0. The third-order valence-corrected chi connectivity index (χ3v) is 4.60. The van der Waals surface area contributed by atoms with E-state index in [1.54, 1.807) is 31.3 Å². The lowest BCUT2D eigenvalue weighted by Crippen LogP contribution is -2.35. The van der Waals surface area contributed by atoms with Gasteiger partial charge in [-0.2, -0.15) is 5.10 Å². The minimum absolute atomic E-state index is 0.0492. The van der Waals surface area contributed by atoms with Crippen LogP contribution in [0.4, 0.5) is 5.69 Å². The van der Waals surface area contributed by atoms with Gasteiger partial charge in [-0.15, -0.1) is 0 Å². The second-order valence-electron chi connectivity index (χ2n) is 4.59. The quantitative estimate of drug-likeness (QED) is 0.889. The maximum absolute atomic E-state index is 12.6. The van der Waals surface area contributed by atoms with Gasteiger partial charge in [0.25, 0.3) is 10.0 Å². The fraction of sp³-hybridized carbons (Fsp3) is 0.231. The van der Waals surface area contributed by atoms with Crippen LogP contribution in [0.15, 0.2) is 41.6 Å². The van der Waals surface area contributed by atoms with Crippen molar-refractivity contribution in [3.8, 4) is 0 Å². The van der Waals surface area contributed by atoms with Crippen LogP contribution in [0.5, 0.6) is 0 Å². The Morgan fingerprint density at radius 3 is 2.43 bits per heavy atom. The summed E-state index contributed by atoms with van der Waals surface area (Å²) in [6.07, 6.45) is 2.52. The summed E-state index contributed by atoms with van der Waals surface area (Å²) in [6, 6.07) is 6.60. The molecule has 0 amide bonds. The Hall–Kier alpha value is -2.35. The van der Waals surface area contributed by atoms with E-state index in [1.165, 1.54) is 17.1 Å². The van der Waals surface area contributed by atoms with Crippen LogP contribution in [0.25, 0.3) is 0 Å². The van der Waals surface area contributed by atoms with E-state index in [9.17, 15) is 13.2 Å². The fourth-order valence-corrected chi connectivity index (χ4v) is 3.21. The summed E-state index contributed by atoms with van der Waals surface area (Å²) >= 11 is 0. The molecule has 1 aromatic heterocycles. The molecule has 0 radical (unpaired) electrons. The van der Waals surface area contributed by atoms with E-state index in [1.807, 2.05) is 6.92 Å². The van der Waals surface area contributed by atoms with E-state index >= 15 is 0 Å². The largest absolute Gasteiger partial charge is 0.480 e. The van der Waals surface area contributed by atoms with Crippen molar-refractivity contribution in [2.24, 2.45) is 7.05 Å². The second kappa shape index (κ2) is 5.57. The molecule has 7 nitrogen and oxygen atoms in total. The third-order valence-electron chi connectivity index (χ3n) is 2.87. The summed E-state index contributed by atoms with van der Waals surface area (Å²) in [5, 5.41) is 12.8. The number of carbonyl (C=O) groups is 1. The first-order valence-corrected chi connectivity index (χ1v) is 7.54. The van der Waals surface area contributed by atoms with Gasteiger partial charge in [-0.25, -0.2) is 8.42 Å². The van der Waals surface area contributed by atoms with Crippen LogP contribution >= 0.6 is 0 Å². The smallest absolute Gasteiger partial charge is 0.324 e. The Morgan fingerprint density at radius 1 is 1.33 bits per heavy atom. The third kappa shape index (κ3) is 3.22. The van der Waals surface area contributed by atoms with Gasteiger partial charge in [0.1, 0.15) is 11.4 Å². The summed E-state index contributed by atoms with van der Waals surface area (Å²) < 4.78 is 27.4. The average molecular weight is 309 g/mol. The van der Waals surface area contributed by atoms with E-state index in [4.69, 9.17) is 5.11 Å². The summed E-state index contributed by atoms with van der Waals surface area (Å²) in [7, 11) is -2.38. The number of hydrogen-bond donors (Lipinski definition) is 1. The Labute approximate surface area is 122 Å². The molecule has 0 unspecified atom stereocenters. The van der Waals surface area contributed by atoms with Crippen molar-refractivity contribution in [3.05, 3.63) is 42.2 Å². The number of carboxylic acid groups (broad SMARTS) is 1. The highest BCUT2D eigenvalue weighted by Gasteiger charge is 2.28. The standard InChI is InChI=1S/C13H15N3O4S/c1-10-3-5-11(6-4-10)16(9-13(17)18)21(19,20)12-7-14-15(2)8-12/h3-8H,9H2,1-2H3,(H,17,18). The van der Waals surface area contributed by atoms with Gasteiger partial charge >= 0.3 is 5.97 Å².